The zero-order chi connectivity index (χ0) is 14.7. The summed E-state index contributed by atoms with van der Waals surface area (Å²) in [6.45, 7) is 0. The lowest BCUT2D eigenvalue weighted by atomic mass is 10.1. The molecule has 0 fully saturated rings. The Kier molecular flexibility index (Phi) is 3.65. The van der Waals surface area contributed by atoms with Gasteiger partial charge in [-0.2, -0.15) is 0 Å². The Morgan fingerprint density at radius 3 is 2.45 bits per heavy atom. The molecule has 6 heteroatoms. The SMILES string of the molecule is Nc1cc(F)ccc1NC(=O)c1cccc(C(=O)O)c1. The zero-order valence-electron chi connectivity index (χ0n) is 10.3. The van der Waals surface area contributed by atoms with Crippen LogP contribution in [-0.2, 0) is 0 Å². The molecule has 0 aromatic heterocycles. The van der Waals surface area contributed by atoms with Crippen LogP contribution < -0.4 is 11.1 Å². The van der Waals surface area contributed by atoms with E-state index in [1.807, 2.05) is 0 Å². The summed E-state index contributed by atoms with van der Waals surface area (Å²) < 4.78 is 12.9. The standard InChI is InChI=1S/C14H11FN2O3/c15-10-4-5-12(11(16)7-10)17-13(18)8-2-1-3-9(6-8)14(19)20/h1-7H,16H2,(H,17,18)(H,19,20). The predicted molar refractivity (Wildman–Crippen MR) is 72.2 cm³/mol. The van der Waals surface area contributed by atoms with E-state index in [0.29, 0.717) is 0 Å². The number of halogens is 1. The fourth-order valence-corrected chi connectivity index (χ4v) is 1.64. The van der Waals surface area contributed by atoms with E-state index >= 15 is 0 Å². The van der Waals surface area contributed by atoms with Gasteiger partial charge in [0.2, 0.25) is 0 Å². The number of aromatic carboxylic acids is 1. The van der Waals surface area contributed by atoms with E-state index in [2.05, 4.69) is 5.32 Å². The van der Waals surface area contributed by atoms with Gasteiger partial charge in [-0.25, -0.2) is 9.18 Å². The molecular formula is C14H11FN2O3. The summed E-state index contributed by atoms with van der Waals surface area (Å²) in [6.07, 6.45) is 0. The van der Waals surface area contributed by atoms with Gasteiger partial charge >= 0.3 is 5.97 Å². The predicted octanol–water partition coefficient (Wildman–Crippen LogP) is 2.36. The third-order valence-corrected chi connectivity index (χ3v) is 2.63. The van der Waals surface area contributed by atoms with Crippen LogP contribution in [0.25, 0.3) is 0 Å². The van der Waals surface area contributed by atoms with E-state index < -0.39 is 17.7 Å². The monoisotopic (exact) mass is 274 g/mol. The van der Waals surface area contributed by atoms with E-state index in [0.717, 1.165) is 6.07 Å². The van der Waals surface area contributed by atoms with Gasteiger partial charge in [0.25, 0.3) is 5.91 Å². The highest BCUT2D eigenvalue weighted by atomic mass is 19.1. The van der Waals surface area contributed by atoms with Gasteiger partial charge in [-0.15, -0.1) is 0 Å². The van der Waals surface area contributed by atoms with Gasteiger partial charge < -0.3 is 16.2 Å². The van der Waals surface area contributed by atoms with Crippen LogP contribution in [0.15, 0.2) is 42.5 Å². The summed E-state index contributed by atoms with van der Waals surface area (Å²) in [7, 11) is 0. The Bertz CT molecular complexity index is 686. The molecule has 0 spiro atoms. The molecule has 4 N–H and O–H groups in total. The largest absolute Gasteiger partial charge is 0.478 e. The van der Waals surface area contributed by atoms with Crippen LogP contribution in [0, 0.1) is 5.82 Å². The minimum Gasteiger partial charge on any atom is -0.478 e. The average Bonchev–Trinajstić information content (AvgIpc) is 2.42. The number of amides is 1. The number of carboxylic acids is 1. The van der Waals surface area contributed by atoms with Crippen molar-refractivity contribution in [3.05, 3.63) is 59.4 Å². The molecule has 0 saturated carbocycles. The molecule has 1 amide bonds. The maximum Gasteiger partial charge on any atom is 0.335 e. The molecule has 2 rings (SSSR count). The first-order chi connectivity index (χ1) is 9.47. The summed E-state index contributed by atoms with van der Waals surface area (Å²) in [6, 6.07) is 9.16. The molecule has 0 atom stereocenters. The van der Waals surface area contributed by atoms with Crippen molar-refractivity contribution in [2.24, 2.45) is 0 Å². The molecule has 0 aliphatic heterocycles. The van der Waals surface area contributed by atoms with Gasteiger partial charge in [0.1, 0.15) is 5.82 Å². The molecule has 0 unspecified atom stereocenters. The van der Waals surface area contributed by atoms with Crippen molar-refractivity contribution in [2.75, 3.05) is 11.1 Å². The number of rotatable bonds is 3. The smallest absolute Gasteiger partial charge is 0.335 e. The molecule has 0 heterocycles. The van der Waals surface area contributed by atoms with Gasteiger partial charge in [-0.1, -0.05) is 6.07 Å². The topological polar surface area (TPSA) is 92.4 Å². The van der Waals surface area contributed by atoms with Crippen molar-refractivity contribution in [2.45, 2.75) is 0 Å². The Labute approximate surface area is 113 Å². The quantitative estimate of drug-likeness (QED) is 0.749. The Hall–Kier alpha value is -2.89. The van der Waals surface area contributed by atoms with Crippen molar-refractivity contribution in [3.63, 3.8) is 0 Å². The van der Waals surface area contributed by atoms with E-state index in [9.17, 15) is 14.0 Å². The molecule has 0 aliphatic rings. The van der Waals surface area contributed by atoms with E-state index in [4.69, 9.17) is 10.8 Å². The van der Waals surface area contributed by atoms with Gasteiger partial charge in [0, 0.05) is 5.56 Å². The molecule has 102 valence electrons. The second-order valence-electron chi connectivity index (χ2n) is 4.07. The third-order valence-electron chi connectivity index (χ3n) is 2.63. The van der Waals surface area contributed by atoms with Crippen LogP contribution >= 0.6 is 0 Å². The van der Waals surface area contributed by atoms with Crippen molar-refractivity contribution < 1.29 is 19.1 Å². The molecule has 20 heavy (non-hydrogen) atoms. The number of benzene rings is 2. The highest BCUT2D eigenvalue weighted by molar-refractivity contribution is 6.06. The fraction of sp³-hybridized carbons (Fsp3) is 0. The van der Waals surface area contributed by atoms with Crippen molar-refractivity contribution >= 4 is 23.3 Å². The van der Waals surface area contributed by atoms with Crippen LogP contribution in [0.5, 0.6) is 0 Å². The van der Waals surface area contributed by atoms with E-state index in [-0.39, 0.29) is 22.5 Å². The summed E-state index contributed by atoms with van der Waals surface area (Å²) in [5.41, 5.74) is 6.11. The molecule has 0 aliphatic carbocycles. The van der Waals surface area contributed by atoms with Crippen molar-refractivity contribution in [1.82, 2.24) is 0 Å². The van der Waals surface area contributed by atoms with Gasteiger partial charge in [-0.05, 0) is 36.4 Å². The fourth-order valence-electron chi connectivity index (χ4n) is 1.64. The Morgan fingerprint density at radius 2 is 1.80 bits per heavy atom. The normalized spacial score (nSPS) is 10.1. The average molecular weight is 274 g/mol. The Balaban J connectivity index is 2.24. The second kappa shape index (κ2) is 5.40. The minimum absolute atomic E-state index is 0.00438. The number of nitrogens with one attached hydrogen (secondary N) is 1. The number of nitrogens with two attached hydrogens (primary N) is 1. The summed E-state index contributed by atoms with van der Waals surface area (Å²) in [5.74, 6) is -2.15. The number of carbonyl (C=O) groups excluding carboxylic acids is 1. The lowest BCUT2D eigenvalue weighted by molar-refractivity contribution is 0.0697. The van der Waals surface area contributed by atoms with E-state index in [1.54, 1.807) is 0 Å². The number of carboxylic acid groups (broad SMARTS) is 1. The summed E-state index contributed by atoms with van der Waals surface area (Å²) in [5, 5.41) is 11.4. The van der Waals surface area contributed by atoms with Gasteiger partial charge in [0.15, 0.2) is 0 Å². The minimum atomic E-state index is -1.12. The molecule has 2 aromatic carbocycles. The van der Waals surface area contributed by atoms with Crippen LogP contribution in [0.4, 0.5) is 15.8 Å². The number of carbonyl (C=O) groups is 2. The van der Waals surface area contributed by atoms with Crippen molar-refractivity contribution in [3.8, 4) is 0 Å². The van der Waals surface area contributed by atoms with Crippen LogP contribution in [0.2, 0.25) is 0 Å². The third kappa shape index (κ3) is 2.92. The second-order valence-corrected chi connectivity index (χ2v) is 4.07. The van der Waals surface area contributed by atoms with Gasteiger partial charge in [-0.3, -0.25) is 4.79 Å². The first-order valence-electron chi connectivity index (χ1n) is 5.67. The first kappa shape index (κ1) is 13.5. The van der Waals surface area contributed by atoms with E-state index in [1.165, 1.54) is 36.4 Å². The lowest BCUT2D eigenvalue weighted by Gasteiger charge is -2.08. The number of hydrogen-bond donors (Lipinski definition) is 3. The molecule has 2 aromatic rings. The molecule has 5 nitrogen and oxygen atoms in total. The molecule has 0 bridgehead atoms. The highest BCUT2D eigenvalue weighted by Crippen LogP contribution is 2.20. The van der Waals surface area contributed by atoms with Crippen LogP contribution in [0.1, 0.15) is 20.7 Å². The van der Waals surface area contributed by atoms with Crippen molar-refractivity contribution in [1.29, 1.82) is 0 Å². The molecule has 0 radical (unpaired) electrons. The summed E-state index contributed by atoms with van der Waals surface area (Å²) in [4.78, 5) is 22.8. The first-order valence-corrected chi connectivity index (χ1v) is 5.67. The van der Waals surface area contributed by atoms with Crippen LogP contribution in [-0.4, -0.2) is 17.0 Å². The maximum absolute atomic E-state index is 12.9. The number of nitrogen functional groups attached to an aromatic ring is 1. The number of hydrogen-bond acceptors (Lipinski definition) is 3. The van der Waals surface area contributed by atoms with Crippen LogP contribution in [0.3, 0.4) is 0 Å². The molecular weight excluding hydrogens is 263 g/mol. The molecule has 0 saturated heterocycles. The Morgan fingerprint density at radius 1 is 1.10 bits per heavy atom. The maximum atomic E-state index is 12.9. The van der Waals surface area contributed by atoms with Gasteiger partial charge in [0.05, 0.1) is 16.9 Å². The highest BCUT2D eigenvalue weighted by Gasteiger charge is 2.11. The summed E-state index contributed by atoms with van der Waals surface area (Å²) >= 11 is 0. The number of anilines is 2. The zero-order valence-corrected chi connectivity index (χ0v) is 10.3. The lowest BCUT2D eigenvalue weighted by Crippen LogP contribution is -2.14.